The molecule has 3 aromatic rings. The second-order valence-electron chi connectivity index (χ2n) is 5.27. The lowest BCUT2D eigenvalue weighted by molar-refractivity contribution is 0.0992. The number of fused-ring (bicyclic) bond motifs is 1. The van der Waals surface area contributed by atoms with E-state index in [1.54, 1.807) is 13.1 Å². The number of aromatic amines is 1. The molecule has 116 valence electrons. The van der Waals surface area contributed by atoms with E-state index in [-0.39, 0.29) is 16.9 Å². The molecule has 0 atom stereocenters. The highest BCUT2D eigenvalue weighted by Gasteiger charge is 2.18. The van der Waals surface area contributed by atoms with Gasteiger partial charge < -0.3 is 9.88 Å². The Labute approximate surface area is 139 Å². The first-order valence-corrected chi connectivity index (χ1v) is 7.83. The predicted octanol–water partition coefficient (Wildman–Crippen LogP) is 3.23. The summed E-state index contributed by atoms with van der Waals surface area (Å²) in [6.07, 6.45) is 1.48. The van der Waals surface area contributed by atoms with E-state index in [0.717, 1.165) is 11.3 Å². The van der Waals surface area contributed by atoms with Crippen molar-refractivity contribution >= 4 is 35.1 Å². The summed E-state index contributed by atoms with van der Waals surface area (Å²) in [5.41, 5.74) is 2.32. The van der Waals surface area contributed by atoms with E-state index in [1.165, 1.54) is 11.1 Å². The molecule has 0 aliphatic rings. The van der Waals surface area contributed by atoms with Crippen LogP contribution >= 0.6 is 12.6 Å². The molecule has 0 bridgehead atoms. The van der Waals surface area contributed by atoms with Gasteiger partial charge in [-0.3, -0.25) is 9.59 Å². The number of hydrogen-bond donors (Lipinski definition) is 2. The minimum Gasteiger partial charge on any atom is -0.360 e. The highest BCUT2D eigenvalue weighted by atomic mass is 32.1. The summed E-state index contributed by atoms with van der Waals surface area (Å²) in [6.45, 7) is 0. The van der Waals surface area contributed by atoms with Gasteiger partial charge in [-0.05, 0) is 29.8 Å². The third-order valence-electron chi connectivity index (χ3n) is 3.81. The molecule has 1 aromatic heterocycles. The van der Waals surface area contributed by atoms with Crippen molar-refractivity contribution in [1.82, 2.24) is 4.98 Å². The van der Waals surface area contributed by atoms with Crippen LogP contribution in [-0.4, -0.2) is 17.9 Å². The quantitative estimate of drug-likeness (QED) is 0.727. The van der Waals surface area contributed by atoms with Gasteiger partial charge in [0.05, 0.1) is 0 Å². The molecule has 4 nitrogen and oxygen atoms in total. The lowest BCUT2D eigenvalue weighted by Gasteiger charge is -2.17. The Kier molecular flexibility index (Phi) is 4.21. The van der Waals surface area contributed by atoms with Gasteiger partial charge in [0.15, 0.2) is 0 Å². The molecular weight excluding hydrogens is 308 g/mol. The van der Waals surface area contributed by atoms with Crippen LogP contribution in [0.15, 0.2) is 59.5 Å². The van der Waals surface area contributed by atoms with Crippen LogP contribution in [0.1, 0.15) is 15.9 Å². The van der Waals surface area contributed by atoms with E-state index < -0.39 is 0 Å². The number of H-pyrrole nitrogens is 1. The Morgan fingerprint density at radius 3 is 2.61 bits per heavy atom. The Hall–Kier alpha value is -2.53. The smallest absolute Gasteiger partial charge is 0.263 e. The first-order valence-electron chi connectivity index (χ1n) is 7.20. The van der Waals surface area contributed by atoms with Crippen molar-refractivity contribution in [3.63, 3.8) is 0 Å². The highest BCUT2D eigenvalue weighted by molar-refractivity contribution is 7.79. The maximum absolute atomic E-state index is 12.6. The third kappa shape index (κ3) is 2.87. The van der Waals surface area contributed by atoms with Gasteiger partial charge in [0.1, 0.15) is 5.56 Å². The van der Waals surface area contributed by atoms with E-state index in [4.69, 9.17) is 0 Å². The number of benzene rings is 2. The molecule has 1 heterocycles. The molecule has 0 unspecified atom stereocenters. The average Bonchev–Trinajstić information content (AvgIpc) is 2.61. The number of amides is 1. The van der Waals surface area contributed by atoms with Crippen molar-refractivity contribution < 1.29 is 4.79 Å². The van der Waals surface area contributed by atoms with E-state index >= 15 is 0 Å². The Morgan fingerprint density at radius 1 is 1.17 bits per heavy atom. The molecule has 0 saturated carbocycles. The molecule has 0 aliphatic carbocycles. The van der Waals surface area contributed by atoms with E-state index in [1.807, 2.05) is 42.5 Å². The van der Waals surface area contributed by atoms with Crippen molar-refractivity contribution in [2.45, 2.75) is 5.75 Å². The van der Waals surface area contributed by atoms with E-state index in [9.17, 15) is 9.59 Å². The summed E-state index contributed by atoms with van der Waals surface area (Å²) in [5.74, 6) is 0.257. The summed E-state index contributed by atoms with van der Waals surface area (Å²) in [5, 5.41) is 0.503. The number of hydrogen-bond acceptors (Lipinski definition) is 3. The van der Waals surface area contributed by atoms with Crippen LogP contribution < -0.4 is 10.3 Å². The highest BCUT2D eigenvalue weighted by Crippen LogP contribution is 2.16. The lowest BCUT2D eigenvalue weighted by Crippen LogP contribution is -2.31. The summed E-state index contributed by atoms with van der Waals surface area (Å²) in [4.78, 5) is 29.8. The number of rotatable bonds is 3. The summed E-state index contributed by atoms with van der Waals surface area (Å²) < 4.78 is 0. The fourth-order valence-corrected chi connectivity index (χ4v) is 2.67. The number of anilines is 1. The van der Waals surface area contributed by atoms with Crippen LogP contribution in [0.25, 0.3) is 10.9 Å². The van der Waals surface area contributed by atoms with Crippen LogP contribution in [-0.2, 0) is 5.75 Å². The number of carbonyl (C=O) groups excluding carboxylic acids is 1. The number of carbonyl (C=O) groups is 1. The maximum atomic E-state index is 12.6. The molecule has 0 aliphatic heterocycles. The molecule has 3 rings (SSSR count). The maximum Gasteiger partial charge on any atom is 0.263 e. The van der Waals surface area contributed by atoms with Gasteiger partial charge in [0, 0.05) is 35.6 Å². The second kappa shape index (κ2) is 6.30. The van der Waals surface area contributed by atoms with Gasteiger partial charge in [-0.2, -0.15) is 12.6 Å². The number of para-hydroxylation sites is 1. The van der Waals surface area contributed by atoms with E-state index in [2.05, 4.69) is 17.6 Å². The minimum absolute atomic E-state index is 0.127. The van der Waals surface area contributed by atoms with Gasteiger partial charge in [-0.15, -0.1) is 0 Å². The molecule has 0 radical (unpaired) electrons. The molecule has 0 fully saturated rings. The molecular formula is C18H16N2O2S. The molecule has 1 amide bonds. The van der Waals surface area contributed by atoms with Crippen molar-refractivity contribution in [3.05, 3.63) is 76.1 Å². The largest absolute Gasteiger partial charge is 0.360 e. The van der Waals surface area contributed by atoms with Crippen LogP contribution in [0.5, 0.6) is 0 Å². The SMILES string of the molecule is CN(C(=O)c1c[nH]c2cc(CS)ccc2c1=O)c1ccccc1. The van der Waals surface area contributed by atoms with Crippen molar-refractivity contribution in [3.8, 4) is 0 Å². The zero-order valence-electron chi connectivity index (χ0n) is 12.6. The monoisotopic (exact) mass is 324 g/mol. The number of aromatic nitrogens is 1. The van der Waals surface area contributed by atoms with Gasteiger partial charge in [-0.25, -0.2) is 0 Å². The summed E-state index contributed by atoms with van der Waals surface area (Å²) in [6, 6.07) is 14.7. The number of nitrogens with zero attached hydrogens (tertiary/aromatic N) is 1. The predicted molar refractivity (Wildman–Crippen MR) is 96.4 cm³/mol. The Morgan fingerprint density at radius 2 is 1.91 bits per heavy atom. The molecule has 0 saturated heterocycles. The average molecular weight is 324 g/mol. The van der Waals surface area contributed by atoms with Crippen LogP contribution in [0.3, 0.4) is 0 Å². The van der Waals surface area contributed by atoms with Crippen LogP contribution in [0, 0.1) is 0 Å². The van der Waals surface area contributed by atoms with Crippen molar-refractivity contribution in [1.29, 1.82) is 0 Å². The number of thiol groups is 1. The minimum atomic E-state index is -0.336. The van der Waals surface area contributed by atoms with Crippen molar-refractivity contribution in [2.75, 3.05) is 11.9 Å². The number of nitrogens with one attached hydrogen (secondary N) is 1. The molecule has 1 N–H and O–H groups in total. The van der Waals surface area contributed by atoms with Crippen molar-refractivity contribution in [2.24, 2.45) is 0 Å². The van der Waals surface area contributed by atoms with E-state index in [0.29, 0.717) is 16.7 Å². The lowest BCUT2D eigenvalue weighted by atomic mass is 10.1. The fraction of sp³-hybridized carbons (Fsp3) is 0.111. The second-order valence-corrected chi connectivity index (χ2v) is 5.59. The number of pyridine rings is 1. The zero-order chi connectivity index (χ0) is 16.4. The van der Waals surface area contributed by atoms with Gasteiger partial charge >= 0.3 is 0 Å². The fourth-order valence-electron chi connectivity index (χ4n) is 2.48. The standard InChI is InChI=1S/C18H16N2O2S/c1-20(13-5-3-2-4-6-13)18(22)15-10-19-16-9-12(11-23)7-8-14(16)17(15)21/h2-10,23H,11H2,1H3,(H,19,21). The molecule has 0 spiro atoms. The first-order chi connectivity index (χ1) is 11.1. The topological polar surface area (TPSA) is 53.2 Å². The molecule has 23 heavy (non-hydrogen) atoms. The third-order valence-corrected chi connectivity index (χ3v) is 4.17. The zero-order valence-corrected chi connectivity index (χ0v) is 13.5. The van der Waals surface area contributed by atoms with Crippen LogP contribution in [0.2, 0.25) is 0 Å². The van der Waals surface area contributed by atoms with Crippen LogP contribution in [0.4, 0.5) is 5.69 Å². The van der Waals surface area contributed by atoms with Gasteiger partial charge in [0.2, 0.25) is 5.43 Å². The normalized spacial score (nSPS) is 10.7. The summed E-state index contributed by atoms with van der Waals surface area (Å²) >= 11 is 4.23. The summed E-state index contributed by atoms with van der Waals surface area (Å²) in [7, 11) is 1.66. The Balaban J connectivity index is 2.05. The first kappa shape index (κ1) is 15.4. The van der Waals surface area contributed by atoms with Gasteiger partial charge in [-0.1, -0.05) is 24.3 Å². The molecule has 2 aromatic carbocycles. The Bertz CT molecular complexity index is 919. The molecule has 5 heteroatoms. The van der Waals surface area contributed by atoms with Gasteiger partial charge in [0.25, 0.3) is 5.91 Å².